The zero-order valence-corrected chi connectivity index (χ0v) is 13.8. The van der Waals surface area contributed by atoms with Gasteiger partial charge in [0.25, 0.3) is 5.91 Å². The number of hydrogen-bond donors (Lipinski definition) is 2. The van der Waals surface area contributed by atoms with Gasteiger partial charge in [0, 0.05) is 11.8 Å². The summed E-state index contributed by atoms with van der Waals surface area (Å²) in [4.78, 5) is 20.8. The summed E-state index contributed by atoms with van der Waals surface area (Å²) in [6.45, 7) is 2.39. The van der Waals surface area contributed by atoms with E-state index in [2.05, 4.69) is 25.5 Å². The second kappa shape index (κ2) is 7.43. The van der Waals surface area contributed by atoms with Crippen LogP contribution in [0.15, 0.2) is 42.6 Å². The number of ether oxygens (including phenoxy) is 2. The summed E-state index contributed by atoms with van der Waals surface area (Å²) < 4.78 is 10.7. The van der Waals surface area contributed by atoms with Gasteiger partial charge in [0.2, 0.25) is 5.95 Å². The summed E-state index contributed by atoms with van der Waals surface area (Å²) in [6, 6.07) is 10.4. The van der Waals surface area contributed by atoms with Gasteiger partial charge >= 0.3 is 0 Å². The topological polar surface area (TPSA) is 102 Å². The molecule has 0 aliphatic carbocycles. The molecule has 128 valence electrons. The monoisotopic (exact) mass is 339 g/mol. The standard InChI is InChI=1S/C17H17N5O3/c1-3-25-13-8-7-11(10-14(13)24-2)16(23)20-17-19-15(21-22-17)12-6-4-5-9-18-12/h4-10H,3H2,1-2H3,(H2,19,20,21,22,23). The Hall–Kier alpha value is -3.42. The molecule has 1 amide bonds. The minimum atomic E-state index is -0.354. The van der Waals surface area contributed by atoms with Crippen LogP contribution >= 0.6 is 0 Å². The fourth-order valence-corrected chi connectivity index (χ4v) is 2.19. The first-order chi connectivity index (χ1) is 12.2. The quantitative estimate of drug-likeness (QED) is 0.715. The van der Waals surface area contributed by atoms with Gasteiger partial charge in [-0.1, -0.05) is 6.07 Å². The fourth-order valence-electron chi connectivity index (χ4n) is 2.19. The van der Waals surface area contributed by atoms with E-state index in [1.54, 1.807) is 30.5 Å². The number of benzene rings is 1. The van der Waals surface area contributed by atoms with Gasteiger partial charge in [0.15, 0.2) is 17.3 Å². The highest BCUT2D eigenvalue weighted by molar-refractivity contribution is 6.03. The summed E-state index contributed by atoms with van der Waals surface area (Å²) in [5.74, 6) is 1.35. The highest BCUT2D eigenvalue weighted by Gasteiger charge is 2.14. The Bertz CT molecular complexity index is 864. The lowest BCUT2D eigenvalue weighted by atomic mass is 10.2. The molecule has 2 heterocycles. The van der Waals surface area contributed by atoms with Crippen molar-refractivity contribution in [2.75, 3.05) is 19.0 Å². The van der Waals surface area contributed by atoms with Crippen LogP contribution in [0.4, 0.5) is 5.95 Å². The molecule has 0 aliphatic heterocycles. The van der Waals surface area contributed by atoms with Crippen LogP contribution in [-0.2, 0) is 0 Å². The lowest BCUT2D eigenvalue weighted by Crippen LogP contribution is -2.13. The molecule has 8 heteroatoms. The number of pyridine rings is 1. The van der Waals surface area contributed by atoms with E-state index in [9.17, 15) is 4.79 Å². The smallest absolute Gasteiger partial charge is 0.258 e. The van der Waals surface area contributed by atoms with Crippen LogP contribution in [0.2, 0.25) is 0 Å². The molecule has 0 saturated heterocycles. The summed E-state index contributed by atoms with van der Waals surface area (Å²) in [5.41, 5.74) is 1.04. The Morgan fingerprint density at radius 1 is 1.24 bits per heavy atom. The van der Waals surface area contributed by atoms with E-state index in [0.29, 0.717) is 35.2 Å². The van der Waals surface area contributed by atoms with E-state index >= 15 is 0 Å². The Morgan fingerprint density at radius 2 is 2.12 bits per heavy atom. The average molecular weight is 339 g/mol. The van der Waals surface area contributed by atoms with E-state index in [1.807, 2.05) is 19.1 Å². The molecule has 8 nitrogen and oxygen atoms in total. The largest absolute Gasteiger partial charge is 0.493 e. The number of amides is 1. The number of aromatic nitrogens is 4. The lowest BCUT2D eigenvalue weighted by Gasteiger charge is -2.10. The number of methoxy groups -OCH3 is 1. The van der Waals surface area contributed by atoms with Crippen molar-refractivity contribution >= 4 is 11.9 Å². The van der Waals surface area contributed by atoms with E-state index < -0.39 is 0 Å². The van der Waals surface area contributed by atoms with Crippen LogP contribution in [0.5, 0.6) is 11.5 Å². The third kappa shape index (κ3) is 3.74. The molecule has 0 bridgehead atoms. The van der Waals surface area contributed by atoms with Crippen LogP contribution < -0.4 is 14.8 Å². The number of rotatable bonds is 6. The molecule has 3 rings (SSSR count). The van der Waals surface area contributed by atoms with Gasteiger partial charge in [-0.15, -0.1) is 5.10 Å². The first-order valence-corrected chi connectivity index (χ1v) is 7.67. The van der Waals surface area contributed by atoms with Gasteiger partial charge in [0.1, 0.15) is 5.69 Å². The second-order valence-electron chi connectivity index (χ2n) is 4.98. The molecule has 25 heavy (non-hydrogen) atoms. The zero-order valence-electron chi connectivity index (χ0n) is 13.8. The Labute approximate surface area is 144 Å². The maximum Gasteiger partial charge on any atom is 0.258 e. The van der Waals surface area contributed by atoms with E-state index in [1.165, 1.54) is 7.11 Å². The third-order valence-corrected chi connectivity index (χ3v) is 3.34. The molecule has 2 N–H and O–H groups in total. The highest BCUT2D eigenvalue weighted by Crippen LogP contribution is 2.28. The molecular weight excluding hydrogens is 322 g/mol. The molecule has 3 aromatic rings. The van der Waals surface area contributed by atoms with Crippen molar-refractivity contribution in [3.63, 3.8) is 0 Å². The fraction of sp³-hybridized carbons (Fsp3) is 0.176. The minimum Gasteiger partial charge on any atom is -0.493 e. The van der Waals surface area contributed by atoms with Crippen LogP contribution in [0.3, 0.4) is 0 Å². The van der Waals surface area contributed by atoms with Crippen molar-refractivity contribution in [2.45, 2.75) is 6.92 Å². The van der Waals surface area contributed by atoms with Crippen LogP contribution in [0, 0.1) is 0 Å². The van der Waals surface area contributed by atoms with Crippen molar-refractivity contribution in [2.24, 2.45) is 0 Å². The predicted molar refractivity (Wildman–Crippen MR) is 91.7 cm³/mol. The van der Waals surface area contributed by atoms with Gasteiger partial charge in [-0.3, -0.25) is 20.2 Å². The molecular formula is C17H17N5O3. The third-order valence-electron chi connectivity index (χ3n) is 3.34. The number of hydrogen-bond acceptors (Lipinski definition) is 6. The van der Waals surface area contributed by atoms with E-state index in [-0.39, 0.29) is 11.9 Å². The molecule has 1 aromatic carbocycles. The first-order valence-electron chi connectivity index (χ1n) is 7.67. The normalized spacial score (nSPS) is 10.3. The van der Waals surface area contributed by atoms with Crippen LogP contribution in [0.25, 0.3) is 11.5 Å². The van der Waals surface area contributed by atoms with Crippen LogP contribution in [-0.4, -0.2) is 39.8 Å². The molecule has 0 spiro atoms. The maximum atomic E-state index is 12.4. The zero-order chi connectivity index (χ0) is 17.6. The number of carbonyl (C=O) groups is 1. The molecule has 0 unspecified atom stereocenters. The summed E-state index contributed by atoms with van der Waals surface area (Å²) >= 11 is 0. The number of aromatic amines is 1. The van der Waals surface area contributed by atoms with Crippen molar-refractivity contribution in [1.29, 1.82) is 0 Å². The van der Waals surface area contributed by atoms with Crippen molar-refractivity contribution in [3.05, 3.63) is 48.2 Å². The molecule has 0 saturated carbocycles. The van der Waals surface area contributed by atoms with E-state index in [0.717, 1.165) is 0 Å². The lowest BCUT2D eigenvalue weighted by molar-refractivity contribution is 0.102. The van der Waals surface area contributed by atoms with Gasteiger partial charge in [-0.05, 0) is 37.3 Å². The number of carbonyl (C=O) groups excluding carboxylic acids is 1. The number of H-pyrrole nitrogens is 1. The SMILES string of the molecule is CCOc1ccc(C(=O)Nc2n[nH]c(-c3ccccn3)n2)cc1OC. The number of nitrogens with zero attached hydrogens (tertiary/aromatic N) is 3. The van der Waals surface area contributed by atoms with Crippen molar-refractivity contribution in [1.82, 2.24) is 20.2 Å². The van der Waals surface area contributed by atoms with Gasteiger partial charge < -0.3 is 9.47 Å². The average Bonchev–Trinajstić information content (AvgIpc) is 3.11. The Kier molecular flexibility index (Phi) is 4.89. The number of nitrogens with one attached hydrogen (secondary N) is 2. The first kappa shape index (κ1) is 16.4. The highest BCUT2D eigenvalue weighted by atomic mass is 16.5. The minimum absolute atomic E-state index is 0.165. The molecule has 0 atom stereocenters. The Morgan fingerprint density at radius 3 is 2.84 bits per heavy atom. The maximum absolute atomic E-state index is 12.4. The molecule has 0 aliphatic rings. The molecule has 0 fully saturated rings. The van der Waals surface area contributed by atoms with Gasteiger partial charge in [0.05, 0.1) is 13.7 Å². The summed E-state index contributed by atoms with van der Waals surface area (Å²) in [7, 11) is 1.52. The summed E-state index contributed by atoms with van der Waals surface area (Å²) in [5, 5.41) is 9.36. The van der Waals surface area contributed by atoms with E-state index in [4.69, 9.17) is 9.47 Å². The molecule has 0 radical (unpaired) electrons. The van der Waals surface area contributed by atoms with Gasteiger partial charge in [-0.25, -0.2) is 0 Å². The van der Waals surface area contributed by atoms with Gasteiger partial charge in [-0.2, -0.15) is 4.98 Å². The van der Waals surface area contributed by atoms with Crippen molar-refractivity contribution < 1.29 is 14.3 Å². The van der Waals surface area contributed by atoms with Crippen molar-refractivity contribution in [3.8, 4) is 23.0 Å². The van der Waals surface area contributed by atoms with Crippen LogP contribution in [0.1, 0.15) is 17.3 Å². The molecule has 2 aromatic heterocycles. The summed E-state index contributed by atoms with van der Waals surface area (Å²) in [6.07, 6.45) is 1.66. The Balaban J connectivity index is 1.75. The number of anilines is 1. The second-order valence-corrected chi connectivity index (χ2v) is 4.98. The predicted octanol–water partition coefficient (Wildman–Crippen LogP) is 2.53.